The number of hydrogen-bond donors (Lipinski definition) is 0. The van der Waals surface area contributed by atoms with Crippen LogP contribution in [0.5, 0.6) is 0 Å². The molecule has 2 aliphatic carbocycles. The number of rotatable bonds is 3. The van der Waals surface area contributed by atoms with Gasteiger partial charge in [0, 0.05) is 54.7 Å². The molecule has 0 saturated heterocycles. The van der Waals surface area contributed by atoms with E-state index in [4.69, 9.17) is 34.6 Å². The summed E-state index contributed by atoms with van der Waals surface area (Å²) in [5, 5.41) is -3.19. The summed E-state index contributed by atoms with van der Waals surface area (Å²) < 4.78 is 310. The van der Waals surface area contributed by atoms with Gasteiger partial charge in [-0.05, 0) is 91.4 Å². The summed E-state index contributed by atoms with van der Waals surface area (Å²) in [6.45, 7) is -16.0. The molecule has 11 rings (SSSR count). The molecule has 0 atom stereocenters. The Morgan fingerprint density at radius 2 is 1.12 bits per heavy atom. The molecule has 50 heavy (non-hydrogen) atoms. The average Bonchev–Trinajstić information content (AvgIpc) is 1.58. The molecule has 0 radical (unpaired) electrons. The third-order valence-electron chi connectivity index (χ3n) is 9.35. The highest BCUT2D eigenvalue weighted by Crippen LogP contribution is 2.57. The molecule has 238 valence electrons. The van der Waals surface area contributed by atoms with Crippen molar-refractivity contribution in [2.75, 3.05) is 4.90 Å². The van der Waals surface area contributed by atoms with Crippen LogP contribution in [0.1, 0.15) is 94.9 Å². The minimum absolute atomic E-state index is 0.307. The first-order chi connectivity index (χ1) is 38.1. The van der Waals surface area contributed by atoms with Gasteiger partial charge in [0.25, 0.3) is 0 Å². The molecule has 1 aromatic heterocycles. The zero-order valence-electron chi connectivity index (χ0n) is 58.0. The molecular weight excluding hydrogens is 607 g/mol. The van der Waals surface area contributed by atoms with E-state index in [-0.39, 0.29) is 10.8 Å². The van der Waals surface area contributed by atoms with Crippen LogP contribution in [0.25, 0.3) is 65.7 Å². The summed E-state index contributed by atoms with van der Waals surface area (Å²) in [6.07, 6.45) is 0. The van der Waals surface area contributed by atoms with Crippen LogP contribution in [-0.4, -0.2) is 0 Å². The molecule has 8 aromatic carbocycles. The maximum Gasteiger partial charge on any atom is 0.136 e. The van der Waals surface area contributed by atoms with Gasteiger partial charge in [-0.1, -0.05) is 130 Å². The Labute approximate surface area is 337 Å². The summed E-state index contributed by atoms with van der Waals surface area (Å²) in [4.78, 5) is 0.441. The average molecular weight is 675 g/mol. The fourth-order valence-corrected chi connectivity index (χ4v) is 7.25. The third-order valence-corrected chi connectivity index (χ3v) is 9.35. The van der Waals surface area contributed by atoms with Gasteiger partial charge in [-0.25, -0.2) is 0 Å². The van der Waals surface area contributed by atoms with E-state index in [9.17, 15) is 15.1 Å². The summed E-state index contributed by atoms with van der Waals surface area (Å²) >= 11 is 0. The number of anilines is 3. The molecule has 2 aliphatic rings. The van der Waals surface area contributed by atoms with Crippen LogP contribution >= 0.6 is 0 Å². The topological polar surface area (TPSA) is 16.4 Å². The Kier molecular flexibility index (Phi) is 2.04. The summed E-state index contributed by atoms with van der Waals surface area (Å²) in [6, 6.07) is -21.8. The van der Waals surface area contributed by atoms with Gasteiger partial charge in [0.05, 0.1) is 40.2 Å². The van der Waals surface area contributed by atoms with E-state index in [2.05, 4.69) is 0 Å². The molecular formula is C48H35NO. The van der Waals surface area contributed by atoms with Crippen molar-refractivity contribution in [2.24, 2.45) is 0 Å². The van der Waals surface area contributed by atoms with Crippen LogP contribution in [0, 0.1) is 0 Å². The monoisotopic (exact) mass is 674 g/mol. The number of benzene rings is 8. The van der Waals surface area contributed by atoms with Crippen molar-refractivity contribution in [1.82, 2.24) is 0 Å². The van der Waals surface area contributed by atoms with E-state index in [0.717, 1.165) is 0 Å². The molecule has 0 N–H and O–H groups in total. The van der Waals surface area contributed by atoms with Crippen molar-refractivity contribution in [1.29, 1.82) is 0 Å². The predicted octanol–water partition coefficient (Wildman–Crippen LogP) is 13.4. The van der Waals surface area contributed by atoms with Crippen molar-refractivity contribution >= 4 is 60.5 Å². The van der Waals surface area contributed by atoms with E-state index >= 15 is 0 Å². The molecule has 0 fully saturated rings. The maximum absolute atomic E-state index is 10.4. The second-order valence-electron chi connectivity index (χ2n) is 11.9. The molecule has 1 heterocycles. The summed E-state index contributed by atoms with van der Waals surface area (Å²) in [5.41, 5.74) is -20.7. The fraction of sp³-hybridized carbons (Fsp3) is 0.125. The lowest BCUT2D eigenvalue weighted by atomic mass is 9.82. The second kappa shape index (κ2) is 9.43. The SMILES string of the molecule is [2H]c1cc2c(c(N(c3c([2H])c([2H])c4c(c3[2H])C(C([2H])([2H])[2H])(C([2H])([2H])[2H])c3c([2H])c([2H])c([2H])c([2H])c3-4)c3cc([2H])c([2H])c4c3c3c([2H])c([2H])c([2H])c5oc6c([2H])c([2H])c([2H])c4c6c53)c1[2H])-c1c([2H])c([2H])c([2H])c([2H])c1C2(C([2H])([2H])[2H])C([2H])([2H])[2H]. The van der Waals surface area contributed by atoms with E-state index in [1.165, 1.54) is 0 Å². The van der Waals surface area contributed by atoms with Crippen LogP contribution in [0.4, 0.5) is 17.1 Å². The maximum atomic E-state index is 10.4. The van der Waals surface area contributed by atoms with Crippen LogP contribution in [0.3, 0.4) is 0 Å². The first kappa shape index (κ1) is 10.8. The molecule has 0 amide bonds. The van der Waals surface area contributed by atoms with E-state index < -0.39 is 259 Å². The summed E-state index contributed by atoms with van der Waals surface area (Å²) in [7, 11) is 0. The number of nitrogens with zero attached hydrogens (tertiary/aromatic N) is 1. The van der Waals surface area contributed by atoms with Gasteiger partial charge in [-0.2, -0.15) is 0 Å². The van der Waals surface area contributed by atoms with Gasteiger partial charge in [0.2, 0.25) is 0 Å². The van der Waals surface area contributed by atoms with Crippen LogP contribution in [0.15, 0.2) is 143 Å². The van der Waals surface area contributed by atoms with Gasteiger partial charge in [0.1, 0.15) is 11.2 Å². The van der Waals surface area contributed by atoms with Crippen molar-refractivity contribution in [3.8, 4) is 22.3 Å². The van der Waals surface area contributed by atoms with Crippen molar-refractivity contribution < 1.29 is 49.7 Å². The number of furan rings is 1. The van der Waals surface area contributed by atoms with Gasteiger partial charge >= 0.3 is 0 Å². The highest BCUT2D eigenvalue weighted by molar-refractivity contribution is 6.35. The standard InChI is InChI=1S/C48H35NO/c1-47(2)36-19-8-6-14-33(36)44-37(47)20-12-22-40(44)49(28-25-26-30-29-13-5-7-18-35(29)48(3,4)38(30)27-28)39-21-9-15-31-32-16-10-23-41-45(32)46-34(43(31)39)17-11-24-42(46)50-41/h5-27H,1-4H3/i1D3,2D3,3D3,4D3,5D,6D,7D,8D,9D,10D,11D,12D,13D,14D,15D,16D,17D,18D,19D,22D,23D,24D,25D,26D,27D. The Bertz CT molecular complexity index is 4490. The van der Waals surface area contributed by atoms with Gasteiger partial charge in [0.15, 0.2) is 0 Å². The molecule has 2 heteroatoms. The van der Waals surface area contributed by atoms with E-state index in [1.54, 1.807) is 0 Å². The van der Waals surface area contributed by atoms with Crippen molar-refractivity contribution in [3.63, 3.8) is 0 Å². The molecule has 0 spiro atoms. The van der Waals surface area contributed by atoms with Crippen LogP contribution in [-0.2, 0) is 10.8 Å². The second-order valence-corrected chi connectivity index (χ2v) is 11.9. The smallest absolute Gasteiger partial charge is 0.136 e. The summed E-state index contributed by atoms with van der Waals surface area (Å²) in [5.74, 6) is 0. The molecule has 0 saturated carbocycles. The van der Waals surface area contributed by atoms with Crippen molar-refractivity contribution in [3.05, 3.63) is 161 Å². The first-order valence-electron chi connectivity index (χ1n) is 31.5. The minimum Gasteiger partial charge on any atom is -0.456 e. The quantitative estimate of drug-likeness (QED) is 0.173. The molecule has 9 aromatic rings. The highest BCUT2D eigenvalue weighted by Gasteiger charge is 2.39. The van der Waals surface area contributed by atoms with Gasteiger partial charge < -0.3 is 9.32 Å². The first-order valence-corrected chi connectivity index (χ1v) is 15.0. The van der Waals surface area contributed by atoms with Crippen molar-refractivity contribution in [2.45, 2.75) is 38.2 Å². The number of fused-ring (bicyclic) bond motifs is 9. The highest BCUT2D eigenvalue weighted by atomic mass is 16.3. The van der Waals surface area contributed by atoms with Gasteiger partial charge in [-0.15, -0.1) is 0 Å². The fourth-order valence-electron chi connectivity index (χ4n) is 7.25. The van der Waals surface area contributed by atoms with E-state index in [0.29, 0.717) is 17.0 Å². The Balaban J connectivity index is 1.52. The zero-order chi connectivity index (χ0) is 61.8. The Hall–Kier alpha value is -5.86. The molecule has 0 aliphatic heterocycles. The largest absolute Gasteiger partial charge is 0.456 e. The lowest BCUT2D eigenvalue weighted by Gasteiger charge is -2.31. The normalized spacial score (nSPS) is 25.6. The molecule has 0 unspecified atom stereocenters. The zero-order valence-corrected chi connectivity index (χ0v) is 25.0. The minimum atomic E-state index is -4.06. The molecule has 0 bridgehead atoms. The Morgan fingerprint density at radius 3 is 1.92 bits per heavy atom. The predicted molar refractivity (Wildman–Crippen MR) is 210 cm³/mol. The van der Waals surface area contributed by atoms with Crippen LogP contribution < -0.4 is 4.90 Å². The lowest BCUT2D eigenvalue weighted by Crippen LogP contribution is -2.17. The number of hydrogen-bond acceptors (Lipinski definition) is 2. The van der Waals surface area contributed by atoms with E-state index in [1.807, 2.05) is 0 Å². The third kappa shape index (κ3) is 3.39. The molecule has 2 nitrogen and oxygen atoms in total. The van der Waals surface area contributed by atoms with Crippen LogP contribution in [0.2, 0.25) is 0 Å². The lowest BCUT2D eigenvalue weighted by molar-refractivity contribution is 0.660. The Morgan fingerprint density at radius 1 is 0.500 bits per heavy atom. The van der Waals surface area contributed by atoms with Gasteiger partial charge in [-0.3, -0.25) is 0 Å².